The first-order valence-corrected chi connectivity index (χ1v) is 7.74. The molecule has 0 atom stereocenters. The third-order valence-corrected chi connectivity index (χ3v) is 4.71. The van der Waals surface area contributed by atoms with Gasteiger partial charge in [-0.15, -0.1) is 0 Å². The van der Waals surface area contributed by atoms with Gasteiger partial charge in [-0.1, -0.05) is 23.7 Å². The van der Waals surface area contributed by atoms with Gasteiger partial charge >= 0.3 is 7.12 Å². The van der Waals surface area contributed by atoms with E-state index >= 15 is 0 Å². The van der Waals surface area contributed by atoms with Gasteiger partial charge in [0.15, 0.2) is 0 Å². The number of halogens is 1. The normalized spacial score (nSPS) is 19.4. The van der Waals surface area contributed by atoms with Crippen LogP contribution < -0.4 is 5.59 Å². The van der Waals surface area contributed by atoms with Crippen molar-refractivity contribution in [1.82, 2.24) is 4.98 Å². The lowest BCUT2D eigenvalue weighted by Gasteiger charge is -2.32. The van der Waals surface area contributed by atoms with Crippen LogP contribution in [0.5, 0.6) is 0 Å². The van der Waals surface area contributed by atoms with Crippen molar-refractivity contribution in [3.63, 3.8) is 0 Å². The Hall–Kier alpha value is -1.36. The van der Waals surface area contributed by atoms with E-state index in [1.165, 1.54) is 0 Å². The molecular formula is C17H19BClNO2. The van der Waals surface area contributed by atoms with Gasteiger partial charge in [-0.25, -0.2) is 0 Å². The molecule has 0 bridgehead atoms. The number of nitrogens with zero attached hydrogens (tertiary/aromatic N) is 1. The van der Waals surface area contributed by atoms with Gasteiger partial charge in [0.25, 0.3) is 0 Å². The van der Waals surface area contributed by atoms with E-state index in [9.17, 15) is 0 Å². The average Bonchev–Trinajstić information content (AvgIpc) is 2.68. The Morgan fingerprint density at radius 3 is 2.09 bits per heavy atom. The maximum Gasteiger partial charge on any atom is 0.514 e. The van der Waals surface area contributed by atoms with Crippen molar-refractivity contribution >= 4 is 24.3 Å². The summed E-state index contributed by atoms with van der Waals surface area (Å²) in [7, 11) is -0.447. The second kappa shape index (κ2) is 5.37. The molecule has 114 valence electrons. The van der Waals surface area contributed by atoms with Crippen LogP contribution in [0.15, 0.2) is 42.6 Å². The molecule has 1 aliphatic heterocycles. The van der Waals surface area contributed by atoms with Crippen LogP contribution in [0.4, 0.5) is 0 Å². The third-order valence-electron chi connectivity index (χ3n) is 4.45. The SMILES string of the molecule is CC1(C)OB(c2cc(-c3ccc(Cl)cc3)ccn2)OC1(C)C. The van der Waals surface area contributed by atoms with Gasteiger partial charge in [0, 0.05) is 11.2 Å². The number of rotatable bonds is 2. The first-order valence-electron chi connectivity index (χ1n) is 7.36. The Kier molecular flexibility index (Phi) is 3.80. The minimum Gasteiger partial charge on any atom is -0.398 e. The third kappa shape index (κ3) is 2.79. The molecule has 1 fully saturated rings. The van der Waals surface area contributed by atoms with Gasteiger partial charge < -0.3 is 9.31 Å². The van der Waals surface area contributed by atoms with Gasteiger partial charge in [0.1, 0.15) is 0 Å². The van der Waals surface area contributed by atoms with Crippen molar-refractivity contribution in [2.75, 3.05) is 0 Å². The molecule has 1 aromatic carbocycles. The largest absolute Gasteiger partial charge is 0.514 e. The first kappa shape index (κ1) is 15.5. The van der Waals surface area contributed by atoms with Crippen LogP contribution in [-0.4, -0.2) is 23.3 Å². The summed E-state index contributed by atoms with van der Waals surface area (Å²) in [5.74, 6) is 0. The van der Waals surface area contributed by atoms with E-state index in [0.717, 1.165) is 21.7 Å². The molecule has 0 amide bonds. The van der Waals surface area contributed by atoms with Crippen LogP contribution in [-0.2, 0) is 9.31 Å². The number of hydrogen-bond donors (Lipinski definition) is 0. The maximum atomic E-state index is 6.05. The molecule has 0 aliphatic carbocycles. The van der Waals surface area contributed by atoms with E-state index in [1.807, 2.05) is 64.1 Å². The highest BCUT2D eigenvalue weighted by molar-refractivity contribution is 6.61. The van der Waals surface area contributed by atoms with Gasteiger partial charge in [-0.2, -0.15) is 0 Å². The quantitative estimate of drug-likeness (QED) is 0.792. The highest BCUT2D eigenvalue weighted by Gasteiger charge is 2.52. The molecule has 1 aliphatic rings. The number of benzene rings is 1. The molecule has 0 unspecified atom stereocenters. The smallest absolute Gasteiger partial charge is 0.398 e. The molecule has 2 aromatic rings. The fourth-order valence-electron chi connectivity index (χ4n) is 2.36. The zero-order valence-electron chi connectivity index (χ0n) is 13.3. The molecule has 3 nitrogen and oxygen atoms in total. The summed E-state index contributed by atoms with van der Waals surface area (Å²) < 4.78 is 12.1. The lowest BCUT2D eigenvalue weighted by Crippen LogP contribution is -2.41. The zero-order valence-corrected chi connectivity index (χ0v) is 14.0. The van der Waals surface area contributed by atoms with Gasteiger partial charge in [0.05, 0.1) is 16.8 Å². The van der Waals surface area contributed by atoms with E-state index in [1.54, 1.807) is 6.20 Å². The second-order valence-corrected chi connectivity index (χ2v) is 7.00. The van der Waals surface area contributed by atoms with Gasteiger partial charge in [-0.3, -0.25) is 4.98 Å². The van der Waals surface area contributed by atoms with Gasteiger partial charge in [-0.05, 0) is 63.1 Å². The van der Waals surface area contributed by atoms with Crippen molar-refractivity contribution in [3.05, 3.63) is 47.6 Å². The van der Waals surface area contributed by atoms with E-state index in [-0.39, 0.29) is 11.2 Å². The summed E-state index contributed by atoms with van der Waals surface area (Å²) in [4.78, 5) is 4.42. The summed E-state index contributed by atoms with van der Waals surface area (Å²) in [5, 5.41) is 0.726. The first-order chi connectivity index (χ1) is 10.3. The predicted molar refractivity (Wildman–Crippen MR) is 90.4 cm³/mol. The lowest BCUT2D eigenvalue weighted by atomic mass is 9.83. The number of aromatic nitrogens is 1. The monoisotopic (exact) mass is 315 g/mol. The number of hydrogen-bond acceptors (Lipinski definition) is 3. The summed E-state index contributed by atoms with van der Waals surface area (Å²) in [5.41, 5.74) is 2.21. The van der Waals surface area contributed by atoms with Crippen molar-refractivity contribution < 1.29 is 9.31 Å². The van der Waals surface area contributed by atoms with Crippen molar-refractivity contribution in [2.45, 2.75) is 38.9 Å². The Labute approximate surface area is 136 Å². The molecule has 0 N–H and O–H groups in total. The molecule has 0 saturated carbocycles. The molecular weight excluding hydrogens is 296 g/mol. The number of pyridine rings is 1. The lowest BCUT2D eigenvalue weighted by molar-refractivity contribution is 0.00578. The van der Waals surface area contributed by atoms with Gasteiger partial charge in [0.2, 0.25) is 0 Å². The summed E-state index contributed by atoms with van der Waals surface area (Å²) >= 11 is 5.94. The second-order valence-electron chi connectivity index (χ2n) is 6.56. The maximum absolute atomic E-state index is 6.05. The topological polar surface area (TPSA) is 31.4 Å². The van der Waals surface area contributed by atoms with Crippen molar-refractivity contribution in [2.24, 2.45) is 0 Å². The zero-order chi connectivity index (χ0) is 16.0. The van der Waals surface area contributed by atoms with E-state index in [2.05, 4.69) is 4.98 Å². The fraction of sp³-hybridized carbons (Fsp3) is 0.353. The summed E-state index contributed by atoms with van der Waals surface area (Å²) in [6.45, 7) is 8.15. The molecule has 2 heterocycles. The van der Waals surface area contributed by atoms with Crippen LogP contribution in [0.3, 0.4) is 0 Å². The molecule has 22 heavy (non-hydrogen) atoms. The Morgan fingerprint density at radius 1 is 0.909 bits per heavy atom. The van der Waals surface area contributed by atoms with Crippen molar-refractivity contribution in [1.29, 1.82) is 0 Å². The minimum atomic E-state index is -0.447. The Balaban J connectivity index is 1.91. The van der Waals surface area contributed by atoms with Crippen LogP contribution >= 0.6 is 11.6 Å². The van der Waals surface area contributed by atoms with Crippen LogP contribution in [0, 0.1) is 0 Å². The molecule has 1 saturated heterocycles. The predicted octanol–water partition coefficient (Wildman–Crippen LogP) is 3.70. The molecule has 0 radical (unpaired) electrons. The standard InChI is InChI=1S/C17H19BClNO2/c1-16(2)17(3,4)22-18(21-16)15-11-13(9-10-20-15)12-5-7-14(19)8-6-12/h5-11H,1-4H3. The molecule has 1 aromatic heterocycles. The average molecular weight is 316 g/mol. The highest BCUT2D eigenvalue weighted by atomic mass is 35.5. The van der Waals surface area contributed by atoms with E-state index in [0.29, 0.717) is 0 Å². The highest BCUT2D eigenvalue weighted by Crippen LogP contribution is 2.36. The summed E-state index contributed by atoms with van der Waals surface area (Å²) in [6.07, 6.45) is 1.78. The van der Waals surface area contributed by atoms with Crippen LogP contribution in [0.2, 0.25) is 5.02 Å². The molecule has 0 spiro atoms. The van der Waals surface area contributed by atoms with Crippen molar-refractivity contribution in [3.8, 4) is 11.1 Å². The summed E-state index contributed by atoms with van der Waals surface area (Å²) in [6, 6.07) is 11.7. The fourth-order valence-corrected chi connectivity index (χ4v) is 2.49. The Morgan fingerprint density at radius 2 is 1.50 bits per heavy atom. The minimum absolute atomic E-state index is 0.365. The molecule has 5 heteroatoms. The molecule has 3 rings (SSSR count). The Bertz CT molecular complexity index is 669. The van der Waals surface area contributed by atoms with Crippen LogP contribution in [0.1, 0.15) is 27.7 Å². The van der Waals surface area contributed by atoms with Crippen LogP contribution in [0.25, 0.3) is 11.1 Å². The van der Waals surface area contributed by atoms with E-state index in [4.69, 9.17) is 20.9 Å². The van der Waals surface area contributed by atoms with E-state index < -0.39 is 7.12 Å².